The van der Waals surface area contributed by atoms with Gasteiger partial charge in [-0.2, -0.15) is 0 Å². The zero-order valence-electron chi connectivity index (χ0n) is 24.5. The van der Waals surface area contributed by atoms with Gasteiger partial charge in [-0.05, 0) is 66.3 Å². The normalized spacial score (nSPS) is 18.5. The maximum Gasteiger partial charge on any atom is 0.277 e. The highest BCUT2D eigenvalue weighted by Gasteiger charge is 2.48. The molecule has 6 rings (SSSR count). The van der Waals surface area contributed by atoms with Crippen LogP contribution in [-0.2, 0) is 16.4 Å². The molecule has 226 valence electrons. The lowest BCUT2D eigenvalue weighted by Gasteiger charge is -2.37. The number of nitrogens with zero attached hydrogens (tertiary/aromatic N) is 2. The number of rotatable bonds is 5. The molecular formula is C34H32FN3O5S. The maximum absolute atomic E-state index is 16.3. The second kappa shape index (κ2) is 11.1. The summed E-state index contributed by atoms with van der Waals surface area (Å²) < 4.78 is 50.4. The summed E-state index contributed by atoms with van der Waals surface area (Å²) in [5, 5.41) is 14.1. The van der Waals surface area contributed by atoms with Crippen LogP contribution in [0.25, 0.3) is 0 Å². The number of sulfone groups is 1. The largest absolute Gasteiger partial charge is 0.506 e. The number of amides is 1. The number of phenolic OH excluding ortho intramolecular Hbond substituents is 1. The average Bonchev–Trinajstić information content (AvgIpc) is 3.11. The fourth-order valence-electron chi connectivity index (χ4n) is 5.95. The van der Waals surface area contributed by atoms with E-state index in [4.69, 9.17) is 4.74 Å². The van der Waals surface area contributed by atoms with Gasteiger partial charge < -0.3 is 15.2 Å². The molecule has 1 unspecified atom stereocenters. The Hall–Kier alpha value is -4.70. The van der Waals surface area contributed by atoms with Crippen LogP contribution in [0.2, 0.25) is 0 Å². The fourth-order valence-corrected chi connectivity index (χ4v) is 8.30. The number of hydrogen-bond donors (Lipinski definition) is 2. The molecule has 0 saturated carbocycles. The number of aryl methyl sites for hydroxylation is 1. The molecule has 0 saturated heterocycles. The van der Waals surface area contributed by atoms with E-state index in [1.54, 1.807) is 30.3 Å². The van der Waals surface area contributed by atoms with Gasteiger partial charge in [0.2, 0.25) is 0 Å². The minimum atomic E-state index is -4.05. The third-order valence-electron chi connectivity index (χ3n) is 7.80. The molecule has 44 heavy (non-hydrogen) atoms. The van der Waals surface area contributed by atoms with Gasteiger partial charge in [0.1, 0.15) is 41.3 Å². The Morgan fingerprint density at radius 3 is 2.59 bits per heavy atom. The van der Waals surface area contributed by atoms with Crippen molar-refractivity contribution in [3.05, 3.63) is 124 Å². The van der Waals surface area contributed by atoms with Gasteiger partial charge in [-0.25, -0.2) is 12.8 Å². The van der Waals surface area contributed by atoms with Gasteiger partial charge in [0.15, 0.2) is 9.84 Å². The highest BCUT2D eigenvalue weighted by atomic mass is 32.2. The van der Waals surface area contributed by atoms with E-state index in [9.17, 15) is 18.3 Å². The van der Waals surface area contributed by atoms with E-state index in [0.29, 0.717) is 5.70 Å². The minimum Gasteiger partial charge on any atom is -0.506 e. The summed E-state index contributed by atoms with van der Waals surface area (Å²) in [4.78, 5) is 19.8. The zero-order valence-corrected chi connectivity index (χ0v) is 25.4. The van der Waals surface area contributed by atoms with Crippen LogP contribution in [0.1, 0.15) is 53.5 Å². The lowest BCUT2D eigenvalue weighted by atomic mass is 9.88. The van der Waals surface area contributed by atoms with Crippen LogP contribution in [0.15, 0.2) is 95.7 Å². The van der Waals surface area contributed by atoms with Gasteiger partial charge in [-0.3, -0.25) is 14.7 Å². The molecule has 3 heterocycles. The molecule has 2 aliphatic heterocycles. The van der Waals surface area contributed by atoms with Crippen LogP contribution in [0.5, 0.6) is 11.5 Å². The van der Waals surface area contributed by atoms with Gasteiger partial charge in [0.25, 0.3) is 5.91 Å². The van der Waals surface area contributed by atoms with E-state index >= 15 is 4.39 Å². The molecule has 4 aromatic rings. The highest BCUT2D eigenvalue weighted by molar-refractivity contribution is 7.95. The average molecular weight is 614 g/mol. The van der Waals surface area contributed by atoms with Crippen molar-refractivity contribution < 1.29 is 27.4 Å². The molecule has 1 amide bonds. The number of phenols is 1. The van der Waals surface area contributed by atoms with Crippen LogP contribution < -0.4 is 15.0 Å². The Labute approximate surface area is 255 Å². The van der Waals surface area contributed by atoms with E-state index in [1.165, 1.54) is 29.3 Å². The van der Waals surface area contributed by atoms with E-state index in [-0.39, 0.29) is 57.8 Å². The smallest absolute Gasteiger partial charge is 0.277 e. The predicted octanol–water partition coefficient (Wildman–Crippen LogP) is 6.68. The summed E-state index contributed by atoms with van der Waals surface area (Å²) in [5.74, 6) is -1.53. The van der Waals surface area contributed by atoms with Crippen molar-refractivity contribution in [3.8, 4) is 11.5 Å². The first-order chi connectivity index (χ1) is 20.9. The van der Waals surface area contributed by atoms with Gasteiger partial charge in [-0.1, -0.05) is 50.2 Å². The molecule has 0 bridgehead atoms. The molecule has 10 heteroatoms. The summed E-state index contributed by atoms with van der Waals surface area (Å²) in [7, 11) is -4.05. The van der Waals surface area contributed by atoms with E-state index in [2.05, 4.69) is 10.3 Å². The molecular weight excluding hydrogens is 581 g/mol. The fraction of sp³-hybridized carbons (Fsp3) is 0.235. The summed E-state index contributed by atoms with van der Waals surface area (Å²) in [6, 6.07) is 20.2. The molecule has 2 aliphatic rings. The van der Waals surface area contributed by atoms with Crippen LogP contribution in [-0.4, -0.2) is 30.2 Å². The topological polar surface area (TPSA) is 109 Å². The molecule has 1 aromatic heterocycles. The van der Waals surface area contributed by atoms with Crippen molar-refractivity contribution in [2.24, 2.45) is 5.41 Å². The Morgan fingerprint density at radius 2 is 1.86 bits per heavy atom. The summed E-state index contributed by atoms with van der Waals surface area (Å²) >= 11 is 0. The molecule has 0 aliphatic carbocycles. The van der Waals surface area contributed by atoms with Crippen molar-refractivity contribution in [1.29, 1.82) is 0 Å². The molecule has 0 radical (unpaired) electrons. The van der Waals surface area contributed by atoms with Gasteiger partial charge in [0, 0.05) is 23.5 Å². The van der Waals surface area contributed by atoms with Gasteiger partial charge in [0.05, 0.1) is 16.3 Å². The zero-order chi connectivity index (χ0) is 31.2. The number of benzene rings is 3. The molecule has 1 atom stereocenters. The number of para-hydroxylation sites is 1. The first-order valence-electron chi connectivity index (χ1n) is 14.2. The molecule has 0 spiro atoms. The Bertz CT molecular complexity index is 1910. The SMILES string of the molecule is Cc1ccnc(C(=O)N2c3cccc(O)c3NC3=C(C2c2ccc(OCc4ccccc4)cc2F)S(=O)(=O)CC(C)(C)C3)c1. The molecule has 2 N–H and O–H groups in total. The number of pyridine rings is 1. The number of hydrogen-bond acceptors (Lipinski definition) is 7. The second-order valence-corrected chi connectivity index (χ2v) is 14.0. The molecule has 0 fully saturated rings. The summed E-state index contributed by atoms with van der Waals surface area (Å²) in [6.45, 7) is 5.69. The predicted molar refractivity (Wildman–Crippen MR) is 167 cm³/mol. The third kappa shape index (κ3) is 5.53. The number of aromatic hydroxyl groups is 1. The first-order valence-corrected chi connectivity index (χ1v) is 15.9. The first kappa shape index (κ1) is 29.4. The second-order valence-electron chi connectivity index (χ2n) is 12.0. The number of ether oxygens (including phenoxy) is 1. The van der Waals surface area contributed by atoms with E-state index in [0.717, 1.165) is 11.1 Å². The lowest BCUT2D eigenvalue weighted by molar-refractivity contribution is 0.0975. The number of carbonyl (C=O) groups is 1. The van der Waals surface area contributed by atoms with E-state index < -0.39 is 33.0 Å². The lowest BCUT2D eigenvalue weighted by Crippen LogP contribution is -2.41. The van der Waals surface area contributed by atoms with Crippen molar-refractivity contribution >= 4 is 27.1 Å². The number of carbonyl (C=O) groups excluding carboxylic acids is 1. The number of allylic oxidation sites excluding steroid dienone is 1. The Kier molecular flexibility index (Phi) is 7.41. The Morgan fingerprint density at radius 1 is 1.09 bits per heavy atom. The maximum atomic E-state index is 16.3. The molecule has 8 nitrogen and oxygen atoms in total. The van der Waals surface area contributed by atoms with Crippen molar-refractivity contribution in [3.63, 3.8) is 0 Å². The number of anilines is 2. The standard InChI is InChI=1S/C34H32FN3O5S/c1-21-14-15-36-26(16-21)33(40)38-28-10-7-11-29(39)30(28)37-27-18-34(2,3)20-44(41,42)32(27)31(38)24-13-12-23(17-25(24)35)43-19-22-8-5-4-6-9-22/h4-17,31,37,39H,18-20H2,1-3H3. The van der Waals surface area contributed by atoms with Crippen LogP contribution in [0.3, 0.4) is 0 Å². The van der Waals surface area contributed by atoms with Crippen molar-refractivity contribution in [1.82, 2.24) is 4.98 Å². The minimum absolute atomic E-state index is 0.0353. The Balaban J connectivity index is 1.56. The number of halogens is 1. The van der Waals surface area contributed by atoms with Crippen LogP contribution >= 0.6 is 0 Å². The summed E-state index contributed by atoms with van der Waals surface area (Å²) in [5.41, 5.74) is 1.65. The third-order valence-corrected chi connectivity index (χ3v) is 10.1. The van der Waals surface area contributed by atoms with Crippen molar-refractivity contribution in [2.75, 3.05) is 16.0 Å². The monoisotopic (exact) mass is 613 g/mol. The van der Waals surface area contributed by atoms with Crippen LogP contribution in [0.4, 0.5) is 15.8 Å². The number of fused-ring (bicyclic) bond motifs is 1. The van der Waals surface area contributed by atoms with Gasteiger partial charge in [-0.15, -0.1) is 0 Å². The summed E-state index contributed by atoms with van der Waals surface area (Å²) in [6.07, 6.45) is 1.78. The highest BCUT2D eigenvalue weighted by Crippen LogP contribution is 2.52. The van der Waals surface area contributed by atoms with Gasteiger partial charge >= 0.3 is 0 Å². The van der Waals surface area contributed by atoms with E-state index in [1.807, 2.05) is 51.1 Å². The van der Waals surface area contributed by atoms with Crippen molar-refractivity contribution in [2.45, 2.75) is 39.8 Å². The quantitative estimate of drug-likeness (QED) is 0.242. The number of aromatic nitrogens is 1. The number of nitrogens with one attached hydrogen (secondary N) is 1. The van der Waals surface area contributed by atoms with Crippen LogP contribution in [0, 0.1) is 18.2 Å². The molecule has 3 aromatic carbocycles.